The van der Waals surface area contributed by atoms with Crippen molar-refractivity contribution in [1.82, 2.24) is 5.32 Å². The van der Waals surface area contributed by atoms with E-state index in [-0.39, 0.29) is 5.91 Å². The van der Waals surface area contributed by atoms with Crippen molar-refractivity contribution in [3.05, 3.63) is 0 Å². The molecule has 0 aromatic carbocycles. The Hall–Kier alpha value is -0.570. The highest BCUT2D eigenvalue weighted by Crippen LogP contribution is 2.05. The molecule has 0 radical (unpaired) electrons. The van der Waals surface area contributed by atoms with Crippen LogP contribution in [0.5, 0.6) is 0 Å². The number of rotatable bonds is 5. The Kier molecular flexibility index (Phi) is 4.99. The average molecular weight is 187 g/mol. The summed E-state index contributed by atoms with van der Waals surface area (Å²) in [6.45, 7) is 8.05. The molecule has 0 fully saturated rings. The average Bonchev–Trinajstić information content (AvgIpc) is 1.81. The van der Waals surface area contributed by atoms with Gasteiger partial charge in [-0.3, -0.25) is 4.79 Å². The van der Waals surface area contributed by atoms with E-state index >= 15 is 0 Å². The van der Waals surface area contributed by atoms with Crippen molar-refractivity contribution in [2.45, 2.75) is 46.1 Å². The molecule has 0 aliphatic rings. The Bertz CT molecular complexity index is 159. The minimum absolute atomic E-state index is 0.0688. The van der Waals surface area contributed by atoms with Crippen LogP contribution >= 0.6 is 0 Å². The van der Waals surface area contributed by atoms with E-state index in [1.165, 1.54) is 0 Å². The van der Waals surface area contributed by atoms with E-state index in [9.17, 15) is 9.90 Å². The summed E-state index contributed by atoms with van der Waals surface area (Å²) >= 11 is 0. The second-order valence-corrected chi connectivity index (χ2v) is 4.51. The van der Waals surface area contributed by atoms with E-state index in [1.807, 2.05) is 13.8 Å². The predicted molar refractivity (Wildman–Crippen MR) is 53.4 cm³/mol. The van der Waals surface area contributed by atoms with Gasteiger partial charge in [0.15, 0.2) is 0 Å². The number of carbonyl (C=O) groups is 1. The van der Waals surface area contributed by atoms with Crippen molar-refractivity contribution in [1.29, 1.82) is 0 Å². The quantitative estimate of drug-likeness (QED) is 0.681. The molecule has 0 aromatic rings. The first-order chi connectivity index (χ1) is 5.81. The van der Waals surface area contributed by atoms with E-state index in [1.54, 1.807) is 13.8 Å². The highest BCUT2D eigenvalue weighted by molar-refractivity contribution is 5.75. The van der Waals surface area contributed by atoms with Gasteiger partial charge in [0.05, 0.1) is 5.60 Å². The van der Waals surface area contributed by atoms with Crippen molar-refractivity contribution in [3.63, 3.8) is 0 Å². The maximum absolute atomic E-state index is 11.1. The van der Waals surface area contributed by atoms with Crippen LogP contribution in [0, 0.1) is 5.92 Å². The summed E-state index contributed by atoms with van der Waals surface area (Å²) < 4.78 is 0. The SMILES string of the molecule is CC(C)CC(=O)NCCC(C)(C)O. The molecule has 0 heterocycles. The summed E-state index contributed by atoms with van der Waals surface area (Å²) in [5.74, 6) is 0.460. The fourth-order valence-corrected chi connectivity index (χ4v) is 0.951. The molecule has 13 heavy (non-hydrogen) atoms. The first-order valence-electron chi connectivity index (χ1n) is 4.80. The molecule has 0 saturated carbocycles. The maximum atomic E-state index is 11.1. The first kappa shape index (κ1) is 12.4. The van der Waals surface area contributed by atoms with Crippen LogP contribution in [0.3, 0.4) is 0 Å². The van der Waals surface area contributed by atoms with Crippen molar-refractivity contribution < 1.29 is 9.90 Å². The molecule has 0 aliphatic carbocycles. The molecule has 0 rings (SSSR count). The minimum atomic E-state index is -0.689. The topological polar surface area (TPSA) is 49.3 Å². The molecular weight excluding hydrogens is 166 g/mol. The largest absolute Gasteiger partial charge is 0.390 e. The summed E-state index contributed by atoms with van der Waals surface area (Å²) in [6.07, 6.45) is 1.16. The summed E-state index contributed by atoms with van der Waals surface area (Å²) in [5.41, 5.74) is -0.689. The number of aliphatic hydroxyl groups is 1. The molecule has 1 amide bonds. The number of amides is 1. The van der Waals surface area contributed by atoms with Gasteiger partial charge < -0.3 is 10.4 Å². The molecule has 0 unspecified atom stereocenters. The Morgan fingerprint density at radius 3 is 2.38 bits per heavy atom. The van der Waals surface area contributed by atoms with Gasteiger partial charge in [0.1, 0.15) is 0 Å². The van der Waals surface area contributed by atoms with Crippen molar-refractivity contribution in [3.8, 4) is 0 Å². The third-order valence-corrected chi connectivity index (χ3v) is 1.65. The fraction of sp³-hybridized carbons (Fsp3) is 0.900. The molecule has 0 saturated heterocycles. The molecule has 0 aromatic heterocycles. The second-order valence-electron chi connectivity index (χ2n) is 4.51. The summed E-state index contributed by atoms with van der Waals surface area (Å²) in [4.78, 5) is 11.1. The van der Waals surface area contributed by atoms with Crippen LogP contribution in [0.2, 0.25) is 0 Å². The van der Waals surface area contributed by atoms with Crippen molar-refractivity contribution in [2.24, 2.45) is 5.92 Å². The van der Waals surface area contributed by atoms with Gasteiger partial charge in [0.2, 0.25) is 5.91 Å². The lowest BCUT2D eigenvalue weighted by Crippen LogP contribution is -2.31. The zero-order valence-electron chi connectivity index (χ0n) is 9.05. The minimum Gasteiger partial charge on any atom is -0.390 e. The Labute approximate surface area is 80.5 Å². The van der Waals surface area contributed by atoms with E-state index in [4.69, 9.17) is 0 Å². The maximum Gasteiger partial charge on any atom is 0.220 e. The third-order valence-electron chi connectivity index (χ3n) is 1.65. The van der Waals surface area contributed by atoms with Gasteiger partial charge in [0, 0.05) is 13.0 Å². The lowest BCUT2D eigenvalue weighted by Gasteiger charge is -2.17. The van der Waals surface area contributed by atoms with Crippen molar-refractivity contribution >= 4 is 5.91 Å². The molecular formula is C10H21NO2. The summed E-state index contributed by atoms with van der Waals surface area (Å²) in [7, 11) is 0. The van der Waals surface area contributed by atoms with E-state index in [0.717, 1.165) is 0 Å². The first-order valence-corrected chi connectivity index (χ1v) is 4.80. The lowest BCUT2D eigenvalue weighted by atomic mass is 10.1. The number of hydrogen-bond donors (Lipinski definition) is 2. The molecule has 3 nitrogen and oxygen atoms in total. The lowest BCUT2D eigenvalue weighted by molar-refractivity contribution is -0.121. The second kappa shape index (κ2) is 5.22. The van der Waals surface area contributed by atoms with Crippen molar-refractivity contribution in [2.75, 3.05) is 6.54 Å². The summed E-state index contributed by atoms with van der Waals surface area (Å²) in [5, 5.41) is 12.1. The van der Waals surface area contributed by atoms with E-state index in [2.05, 4.69) is 5.32 Å². The van der Waals surface area contributed by atoms with Gasteiger partial charge in [-0.15, -0.1) is 0 Å². The molecule has 0 aliphatic heterocycles. The van der Waals surface area contributed by atoms with Crippen LogP contribution in [-0.2, 0) is 4.79 Å². The number of hydrogen-bond acceptors (Lipinski definition) is 2. The highest BCUT2D eigenvalue weighted by Gasteiger charge is 2.12. The van der Waals surface area contributed by atoms with Crippen LogP contribution in [0.1, 0.15) is 40.5 Å². The van der Waals surface area contributed by atoms with E-state index in [0.29, 0.717) is 25.3 Å². The zero-order chi connectivity index (χ0) is 10.5. The van der Waals surface area contributed by atoms with Gasteiger partial charge in [-0.25, -0.2) is 0 Å². The van der Waals surface area contributed by atoms with Crippen LogP contribution in [0.15, 0.2) is 0 Å². The Morgan fingerprint density at radius 2 is 2.00 bits per heavy atom. The molecule has 0 spiro atoms. The fourth-order valence-electron chi connectivity index (χ4n) is 0.951. The molecule has 78 valence electrons. The predicted octanol–water partition coefficient (Wildman–Crippen LogP) is 1.31. The molecule has 3 heteroatoms. The van der Waals surface area contributed by atoms with Crippen LogP contribution in [0.4, 0.5) is 0 Å². The van der Waals surface area contributed by atoms with Gasteiger partial charge >= 0.3 is 0 Å². The van der Waals surface area contributed by atoms with Gasteiger partial charge in [-0.2, -0.15) is 0 Å². The van der Waals surface area contributed by atoms with Gasteiger partial charge in [-0.05, 0) is 26.2 Å². The number of carbonyl (C=O) groups excluding carboxylic acids is 1. The van der Waals surface area contributed by atoms with Crippen LogP contribution in [-0.4, -0.2) is 23.2 Å². The number of nitrogens with one attached hydrogen (secondary N) is 1. The Balaban J connectivity index is 3.49. The van der Waals surface area contributed by atoms with Crippen LogP contribution in [0.25, 0.3) is 0 Å². The monoisotopic (exact) mass is 187 g/mol. The highest BCUT2D eigenvalue weighted by atomic mass is 16.3. The van der Waals surface area contributed by atoms with E-state index < -0.39 is 5.60 Å². The third kappa shape index (κ3) is 9.34. The zero-order valence-corrected chi connectivity index (χ0v) is 9.05. The standard InChI is InChI=1S/C10H21NO2/c1-8(2)7-9(12)11-6-5-10(3,4)13/h8,13H,5-7H2,1-4H3,(H,11,12). The molecule has 0 atom stereocenters. The van der Waals surface area contributed by atoms with Gasteiger partial charge in [0.25, 0.3) is 0 Å². The molecule has 0 bridgehead atoms. The normalized spacial score (nSPS) is 11.8. The van der Waals surface area contributed by atoms with Crippen LogP contribution < -0.4 is 5.32 Å². The Morgan fingerprint density at radius 1 is 1.46 bits per heavy atom. The smallest absolute Gasteiger partial charge is 0.220 e. The summed E-state index contributed by atoms with van der Waals surface area (Å²) in [6, 6.07) is 0. The van der Waals surface area contributed by atoms with Gasteiger partial charge in [-0.1, -0.05) is 13.8 Å². The molecule has 2 N–H and O–H groups in total.